The van der Waals surface area contributed by atoms with Crippen molar-refractivity contribution in [1.29, 1.82) is 0 Å². The van der Waals surface area contributed by atoms with Crippen molar-refractivity contribution in [2.75, 3.05) is 0 Å². The first-order chi connectivity index (χ1) is 14.5. The van der Waals surface area contributed by atoms with E-state index in [0.717, 1.165) is 23.7 Å². The average Bonchev–Trinajstić information content (AvgIpc) is 3.00. The van der Waals surface area contributed by atoms with Crippen LogP contribution in [-0.2, 0) is 17.3 Å². The summed E-state index contributed by atoms with van der Waals surface area (Å²) in [5.41, 5.74) is 4.80. The molecule has 0 heterocycles. The normalized spacial score (nSPS) is 27.1. The topological polar surface area (TPSA) is 9.23 Å². The van der Waals surface area contributed by atoms with E-state index in [0.29, 0.717) is 6.10 Å². The van der Waals surface area contributed by atoms with Gasteiger partial charge in [0.1, 0.15) is 0 Å². The molecule has 31 heavy (non-hydrogen) atoms. The molecule has 0 amide bonds. The highest BCUT2D eigenvalue weighted by Gasteiger charge is 2.49. The Morgan fingerprint density at radius 3 is 2.52 bits per heavy atom. The van der Waals surface area contributed by atoms with Crippen LogP contribution in [0.1, 0.15) is 96.3 Å². The summed E-state index contributed by atoms with van der Waals surface area (Å²) in [6, 6.07) is 7.00. The first-order valence-electron chi connectivity index (χ1n) is 13.3. The van der Waals surface area contributed by atoms with Crippen molar-refractivity contribution in [3.63, 3.8) is 0 Å². The second kappa shape index (κ2) is 10.1. The number of unbranched alkanes of at least 4 members (excludes halogenated alkanes) is 2. The number of benzene rings is 1. The van der Waals surface area contributed by atoms with E-state index in [1.807, 2.05) is 0 Å². The fourth-order valence-corrected chi connectivity index (χ4v) is 7.42. The molecular formula is C29H50OSi. The van der Waals surface area contributed by atoms with E-state index in [1.165, 1.54) is 63.4 Å². The van der Waals surface area contributed by atoms with Crippen LogP contribution in [0.3, 0.4) is 0 Å². The van der Waals surface area contributed by atoms with Crippen LogP contribution in [0.5, 0.6) is 0 Å². The van der Waals surface area contributed by atoms with Gasteiger partial charge in [-0.3, -0.25) is 0 Å². The maximum absolute atomic E-state index is 7.17. The van der Waals surface area contributed by atoms with Crippen molar-refractivity contribution in [3.8, 4) is 0 Å². The average molecular weight is 443 g/mol. The van der Waals surface area contributed by atoms with Crippen molar-refractivity contribution in [1.82, 2.24) is 0 Å². The minimum absolute atomic E-state index is 0.290. The first-order valence-corrected chi connectivity index (χ1v) is 16.2. The van der Waals surface area contributed by atoms with Crippen LogP contribution in [0.15, 0.2) is 18.2 Å². The molecule has 5 unspecified atom stereocenters. The lowest BCUT2D eigenvalue weighted by Crippen LogP contribution is -2.45. The lowest BCUT2D eigenvalue weighted by molar-refractivity contribution is 0.114. The van der Waals surface area contributed by atoms with Crippen LogP contribution in [0, 0.1) is 30.6 Å². The summed E-state index contributed by atoms with van der Waals surface area (Å²) in [4.78, 5) is 0. The Bertz CT molecular complexity index is 716. The molecule has 0 spiro atoms. The van der Waals surface area contributed by atoms with Gasteiger partial charge >= 0.3 is 0 Å². The molecule has 2 aliphatic rings. The lowest BCUT2D eigenvalue weighted by Gasteiger charge is -2.40. The third kappa shape index (κ3) is 5.85. The third-order valence-corrected chi connectivity index (χ3v) is 13.6. The molecule has 1 nitrogen and oxygen atoms in total. The molecule has 2 heteroatoms. The van der Waals surface area contributed by atoms with Gasteiger partial charge in [-0.1, -0.05) is 84.9 Å². The Morgan fingerprint density at radius 1 is 1.10 bits per heavy atom. The largest absolute Gasteiger partial charge is 0.414 e. The van der Waals surface area contributed by atoms with E-state index in [-0.39, 0.29) is 5.04 Å². The minimum atomic E-state index is -1.75. The highest BCUT2D eigenvalue weighted by atomic mass is 28.4. The number of hydrogen-bond donors (Lipinski definition) is 0. The SMILES string of the molecule is CCCCCC(C)CCC1C(O[Si](C)(C)C(C)(C)C)CC2Cc3c(C)cccc3CC21. The minimum Gasteiger partial charge on any atom is -0.414 e. The molecule has 176 valence electrons. The molecular weight excluding hydrogens is 392 g/mol. The zero-order chi connectivity index (χ0) is 22.8. The Balaban J connectivity index is 1.76. The van der Waals surface area contributed by atoms with Crippen molar-refractivity contribution >= 4 is 8.32 Å². The van der Waals surface area contributed by atoms with Gasteiger partial charge in [0, 0.05) is 6.10 Å². The van der Waals surface area contributed by atoms with Crippen LogP contribution in [-0.4, -0.2) is 14.4 Å². The van der Waals surface area contributed by atoms with E-state index < -0.39 is 8.32 Å². The van der Waals surface area contributed by atoms with Crippen LogP contribution >= 0.6 is 0 Å². The Hall–Kier alpha value is -0.603. The van der Waals surface area contributed by atoms with Crippen molar-refractivity contribution in [2.24, 2.45) is 23.7 Å². The molecule has 1 saturated carbocycles. The molecule has 0 aliphatic heterocycles. The fraction of sp³-hybridized carbons (Fsp3) is 0.793. The van der Waals surface area contributed by atoms with Gasteiger partial charge in [-0.15, -0.1) is 0 Å². The summed E-state index contributed by atoms with van der Waals surface area (Å²) in [5.74, 6) is 3.26. The van der Waals surface area contributed by atoms with E-state index in [2.05, 4.69) is 72.8 Å². The highest BCUT2D eigenvalue weighted by Crippen LogP contribution is 2.51. The molecule has 0 N–H and O–H groups in total. The number of fused-ring (bicyclic) bond motifs is 2. The summed E-state index contributed by atoms with van der Waals surface area (Å²) in [6.07, 6.45) is 12.6. The summed E-state index contributed by atoms with van der Waals surface area (Å²) in [6.45, 7) is 19.2. The molecule has 0 aromatic heterocycles. The summed E-state index contributed by atoms with van der Waals surface area (Å²) in [5, 5.41) is 0.290. The van der Waals surface area contributed by atoms with E-state index >= 15 is 0 Å². The monoisotopic (exact) mass is 442 g/mol. The zero-order valence-corrected chi connectivity index (χ0v) is 22.9. The molecule has 2 aliphatic carbocycles. The Labute approximate surface area is 194 Å². The van der Waals surface area contributed by atoms with Gasteiger partial charge in [0.05, 0.1) is 0 Å². The molecule has 0 radical (unpaired) electrons. The summed E-state index contributed by atoms with van der Waals surface area (Å²) in [7, 11) is -1.75. The first kappa shape index (κ1) is 25.0. The number of rotatable bonds is 9. The molecule has 1 aromatic rings. The smallest absolute Gasteiger partial charge is 0.192 e. The van der Waals surface area contributed by atoms with Crippen molar-refractivity contribution < 1.29 is 4.43 Å². The van der Waals surface area contributed by atoms with Gasteiger partial charge in [0.2, 0.25) is 0 Å². The van der Waals surface area contributed by atoms with Gasteiger partial charge in [-0.05, 0) is 91.1 Å². The Morgan fingerprint density at radius 2 is 1.84 bits per heavy atom. The van der Waals surface area contributed by atoms with E-state index in [9.17, 15) is 0 Å². The molecule has 5 atom stereocenters. The van der Waals surface area contributed by atoms with Crippen LogP contribution in [0.25, 0.3) is 0 Å². The number of aryl methyl sites for hydroxylation is 1. The predicted molar refractivity (Wildman–Crippen MR) is 138 cm³/mol. The maximum Gasteiger partial charge on any atom is 0.192 e. The molecule has 1 fully saturated rings. The lowest BCUT2D eigenvalue weighted by atomic mass is 9.72. The standard InChI is InChI=1S/C29H50OSi/c1-9-10-11-13-21(2)16-17-25-27-18-23-15-12-14-22(3)26(23)19-24(27)20-28(25)30-31(7,8)29(4,5)6/h12,14-15,21,24-25,27-28H,9-11,13,16-20H2,1-8H3. The molecule has 1 aromatic carbocycles. The van der Waals surface area contributed by atoms with E-state index in [4.69, 9.17) is 4.43 Å². The van der Waals surface area contributed by atoms with Crippen molar-refractivity contribution in [2.45, 2.75) is 124 Å². The van der Waals surface area contributed by atoms with Gasteiger partial charge in [0.15, 0.2) is 8.32 Å². The second-order valence-corrected chi connectivity index (χ2v) is 17.3. The third-order valence-electron chi connectivity index (χ3n) is 9.14. The van der Waals surface area contributed by atoms with Crippen LogP contribution < -0.4 is 0 Å². The van der Waals surface area contributed by atoms with Crippen LogP contribution in [0.2, 0.25) is 18.1 Å². The quantitative estimate of drug-likeness (QED) is 0.274. The van der Waals surface area contributed by atoms with Crippen LogP contribution in [0.4, 0.5) is 0 Å². The van der Waals surface area contributed by atoms with Gasteiger partial charge in [-0.25, -0.2) is 0 Å². The maximum atomic E-state index is 7.17. The fourth-order valence-electron chi connectivity index (χ4n) is 6.04. The zero-order valence-electron chi connectivity index (χ0n) is 21.9. The second-order valence-electron chi connectivity index (χ2n) is 12.5. The van der Waals surface area contributed by atoms with E-state index in [1.54, 1.807) is 11.1 Å². The highest BCUT2D eigenvalue weighted by molar-refractivity contribution is 6.74. The summed E-state index contributed by atoms with van der Waals surface area (Å²) < 4.78 is 7.17. The van der Waals surface area contributed by atoms with Gasteiger partial charge in [-0.2, -0.15) is 0 Å². The molecule has 0 bridgehead atoms. The summed E-state index contributed by atoms with van der Waals surface area (Å²) >= 11 is 0. The Kier molecular flexibility index (Phi) is 8.17. The van der Waals surface area contributed by atoms with Gasteiger partial charge < -0.3 is 4.43 Å². The van der Waals surface area contributed by atoms with Crippen molar-refractivity contribution in [3.05, 3.63) is 34.9 Å². The van der Waals surface area contributed by atoms with Gasteiger partial charge in [0.25, 0.3) is 0 Å². The molecule has 3 rings (SSSR count). The molecule has 0 saturated heterocycles. The number of hydrogen-bond acceptors (Lipinski definition) is 1. The predicted octanol–water partition coefficient (Wildman–Crippen LogP) is 8.73.